The van der Waals surface area contributed by atoms with E-state index in [9.17, 15) is 4.79 Å². The first-order valence-corrected chi connectivity index (χ1v) is 8.35. The van der Waals surface area contributed by atoms with Crippen LogP contribution in [0.5, 0.6) is 5.75 Å². The quantitative estimate of drug-likeness (QED) is 0.688. The van der Waals surface area contributed by atoms with Gasteiger partial charge in [0, 0.05) is 12.7 Å². The van der Waals surface area contributed by atoms with E-state index >= 15 is 0 Å². The zero-order chi connectivity index (χ0) is 17.3. The third-order valence-electron chi connectivity index (χ3n) is 3.73. The second kappa shape index (κ2) is 8.68. The van der Waals surface area contributed by atoms with Gasteiger partial charge in [-0.15, -0.1) is 0 Å². The predicted octanol–water partition coefficient (Wildman–Crippen LogP) is 3.00. The Bertz CT molecular complexity index is 785. The Labute approximate surface area is 147 Å². The van der Waals surface area contributed by atoms with Gasteiger partial charge in [0.25, 0.3) is 0 Å². The van der Waals surface area contributed by atoms with Crippen molar-refractivity contribution in [1.82, 2.24) is 15.1 Å². The molecule has 0 spiro atoms. The number of amides is 1. The molecule has 0 aliphatic rings. The van der Waals surface area contributed by atoms with Gasteiger partial charge in [-0.25, -0.2) is 4.68 Å². The number of hydrogen-bond acceptors (Lipinski definition) is 3. The van der Waals surface area contributed by atoms with Crippen LogP contribution >= 0.6 is 0 Å². The zero-order valence-electron chi connectivity index (χ0n) is 14.0. The van der Waals surface area contributed by atoms with Gasteiger partial charge in [-0.1, -0.05) is 36.4 Å². The Morgan fingerprint density at radius 2 is 1.76 bits per heavy atom. The van der Waals surface area contributed by atoms with Crippen molar-refractivity contribution in [2.45, 2.75) is 12.8 Å². The van der Waals surface area contributed by atoms with Crippen molar-refractivity contribution < 1.29 is 9.53 Å². The maximum absolute atomic E-state index is 11.8. The summed E-state index contributed by atoms with van der Waals surface area (Å²) in [4.78, 5) is 11.8. The zero-order valence-corrected chi connectivity index (χ0v) is 14.0. The normalized spacial score (nSPS) is 10.4. The molecule has 2 aromatic carbocycles. The molecular formula is C20H21N3O2. The molecule has 0 bridgehead atoms. The molecule has 0 saturated carbocycles. The van der Waals surface area contributed by atoms with Gasteiger partial charge in [0.05, 0.1) is 24.9 Å². The fourth-order valence-electron chi connectivity index (χ4n) is 2.42. The molecule has 1 N–H and O–H groups in total. The van der Waals surface area contributed by atoms with Crippen molar-refractivity contribution in [2.24, 2.45) is 0 Å². The summed E-state index contributed by atoms with van der Waals surface area (Å²) in [5, 5.41) is 7.26. The second-order valence-electron chi connectivity index (χ2n) is 5.64. The van der Waals surface area contributed by atoms with Crippen LogP contribution < -0.4 is 10.1 Å². The van der Waals surface area contributed by atoms with E-state index in [2.05, 4.69) is 10.4 Å². The topological polar surface area (TPSA) is 56.1 Å². The van der Waals surface area contributed by atoms with E-state index in [0.717, 1.165) is 23.4 Å². The molecular weight excluding hydrogens is 314 g/mol. The van der Waals surface area contributed by atoms with Gasteiger partial charge in [0.15, 0.2) is 0 Å². The van der Waals surface area contributed by atoms with E-state index in [1.54, 1.807) is 0 Å². The van der Waals surface area contributed by atoms with Gasteiger partial charge in [0.1, 0.15) is 5.75 Å². The summed E-state index contributed by atoms with van der Waals surface area (Å²) in [7, 11) is 0. The second-order valence-corrected chi connectivity index (χ2v) is 5.64. The number of carbonyl (C=O) groups is 1. The number of para-hydroxylation sites is 2. The molecule has 0 fully saturated rings. The highest BCUT2D eigenvalue weighted by Gasteiger charge is 2.04. The fourth-order valence-corrected chi connectivity index (χ4v) is 2.42. The smallest absolute Gasteiger partial charge is 0.223 e. The van der Waals surface area contributed by atoms with Gasteiger partial charge in [-0.05, 0) is 36.2 Å². The molecule has 0 unspecified atom stereocenters. The molecule has 1 heterocycles. The summed E-state index contributed by atoms with van der Waals surface area (Å²) in [6, 6.07) is 19.4. The first-order valence-electron chi connectivity index (χ1n) is 8.35. The molecule has 5 heteroatoms. The third-order valence-corrected chi connectivity index (χ3v) is 3.73. The highest BCUT2D eigenvalue weighted by Crippen LogP contribution is 2.09. The van der Waals surface area contributed by atoms with Crippen LogP contribution in [0.1, 0.15) is 12.0 Å². The van der Waals surface area contributed by atoms with Crippen molar-refractivity contribution in [2.75, 3.05) is 13.2 Å². The Morgan fingerprint density at radius 1 is 1.04 bits per heavy atom. The first-order chi connectivity index (χ1) is 12.3. The highest BCUT2D eigenvalue weighted by molar-refractivity contribution is 5.75. The molecule has 1 aromatic heterocycles. The molecule has 0 saturated heterocycles. The minimum Gasteiger partial charge on any atom is -0.493 e. The van der Waals surface area contributed by atoms with E-state index in [1.807, 2.05) is 77.7 Å². The predicted molar refractivity (Wildman–Crippen MR) is 96.8 cm³/mol. The van der Waals surface area contributed by atoms with Gasteiger partial charge < -0.3 is 10.1 Å². The van der Waals surface area contributed by atoms with E-state index in [4.69, 9.17) is 4.74 Å². The lowest BCUT2D eigenvalue weighted by Gasteiger charge is -2.06. The maximum atomic E-state index is 11.8. The van der Waals surface area contributed by atoms with Gasteiger partial charge in [0.2, 0.25) is 5.91 Å². The van der Waals surface area contributed by atoms with Crippen molar-refractivity contribution in [3.8, 4) is 11.4 Å². The summed E-state index contributed by atoms with van der Waals surface area (Å²) >= 11 is 0. The number of hydrogen-bond donors (Lipinski definition) is 1. The number of ether oxygens (including phenoxy) is 1. The Balaban J connectivity index is 1.36. The molecule has 25 heavy (non-hydrogen) atoms. The third kappa shape index (κ3) is 5.21. The van der Waals surface area contributed by atoms with Crippen LogP contribution in [0.2, 0.25) is 0 Å². The minimum atomic E-state index is -0.00798. The van der Waals surface area contributed by atoms with E-state index in [1.165, 1.54) is 0 Å². The molecule has 5 nitrogen and oxygen atoms in total. The van der Waals surface area contributed by atoms with Gasteiger partial charge in [-0.2, -0.15) is 5.10 Å². The summed E-state index contributed by atoms with van der Waals surface area (Å²) in [6.45, 7) is 0.965. The van der Waals surface area contributed by atoms with Gasteiger partial charge >= 0.3 is 0 Å². The first kappa shape index (κ1) is 16.8. The summed E-state index contributed by atoms with van der Waals surface area (Å²) < 4.78 is 7.36. The average molecular weight is 335 g/mol. The Morgan fingerprint density at radius 3 is 2.52 bits per heavy atom. The molecule has 1 amide bonds. The van der Waals surface area contributed by atoms with Crippen LogP contribution in [0.3, 0.4) is 0 Å². The lowest BCUT2D eigenvalue weighted by molar-refractivity contribution is -0.121. The number of rotatable bonds is 8. The molecule has 0 aliphatic heterocycles. The molecule has 0 radical (unpaired) electrons. The van der Waals surface area contributed by atoms with Crippen molar-refractivity contribution in [3.05, 3.63) is 78.6 Å². The van der Waals surface area contributed by atoms with Crippen LogP contribution in [0.25, 0.3) is 5.69 Å². The number of nitrogens with one attached hydrogen (secondary N) is 1. The van der Waals surface area contributed by atoms with Crippen LogP contribution in [-0.2, 0) is 11.2 Å². The standard InChI is InChI=1S/C20H21N3O2/c24-20(12-14-25-19-9-5-2-6-10-19)21-13-11-17-15-22-23(16-17)18-7-3-1-4-8-18/h1-10,15-16H,11-14H2,(H,21,24). The number of aromatic nitrogens is 2. The summed E-state index contributed by atoms with van der Waals surface area (Å²) in [5.41, 5.74) is 2.11. The van der Waals surface area contributed by atoms with Crippen LogP contribution in [0.4, 0.5) is 0 Å². The van der Waals surface area contributed by atoms with E-state index in [0.29, 0.717) is 19.6 Å². The van der Waals surface area contributed by atoms with Crippen molar-refractivity contribution in [1.29, 1.82) is 0 Å². The Hall–Kier alpha value is -3.08. The summed E-state index contributed by atoms with van der Waals surface area (Å²) in [6.07, 6.45) is 4.91. The lowest BCUT2D eigenvalue weighted by Crippen LogP contribution is -2.26. The van der Waals surface area contributed by atoms with Crippen molar-refractivity contribution >= 4 is 5.91 Å². The fraction of sp³-hybridized carbons (Fsp3) is 0.200. The monoisotopic (exact) mass is 335 g/mol. The molecule has 128 valence electrons. The maximum Gasteiger partial charge on any atom is 0.223 e. The lowest BCUT2D eigenvalue weighted by atomic mass is 10.2. The Kier molecular flexibility index (Phi) is 5.82. The average Bonchev–Trinajstić information content (AvgIpc) is 3.12. The van der Waals surface area contributed by atoms with E-state index < -0.39 is 0 Å². The molecule has 3 rings (SSSR count). The number of nitrogens with zero attached hydrogens (tertiary/aromatic N) is 2. The highest BCUT2D eigenvalue weighted by atomic mass is 16.5. The molecule has 0 atom stereocenters. The minimum absolute atomic E-state index is 0.00798. The molecule has 3 aromatic rings. The van der Waals surface area contributed by atoms with E-state index in [-0.39, 0.29) is 5.91 Å². The number of benzene rings is 2. The van der Waals surface area contributed by atoms with Crippen LogP contribution in [-0.4, -0.2) is 28.8 Å². The SMILES string of the molecule is O=C(CCOc1ccccc1)NCCc1cnn(-c2ccccc2)c1. The molecule has 0 aliphatic carbocycles. The van der Waals surface area contributed by atoms with Crippen molar-refractivity contribution in [3.63, 3.8) is 0 Å². The van der Waals surface area contributed by atoms with Gasteiger partial charge in [-0.3, -0.25) is 4.79 Å². The number of carbonyl (C=O) groups excluding carboxylic acids is 1. The largest absolute Gasteiger partial charge is 0.493 e. The van der Waals surface area contributed by atoms with Crippen LogP contribution in [0, 0.1) is 0 Å². The van der Waals surface area contributed by atoms with Crippen LogP contribution in [0.15, 0.2) is 73.1 Å². The summed E-state index contributed by atoms with van der Waals surface area (Å²) in [5.74, 6) is 0.773.